The minimum atomic E-state index is -3.80. The molecule has 7 nitrogen and oxygen atoms in total. The van der Waals surface area contributed by atoms with E-state index < -0.39 is 10.0 Å². The van der Waals surface area contributed by atoms with Crippen LogP contribution in [0.4, 0.5) is 5.69 Å². The molecule has 8 heteroatoms. The summed E-state index contributed by atoms with van der Waals surface area (Å²) in [5.41, 5.74) is 2.37. The average Bonchev–Trinajstić information content (AvgIpc) is 2.87. The van der Waals surface area contributed by atoms with E-state index in [1.54, 1.807) is 53.4 Å². The number of hydrogen-bond donors (Lipinski definition) is 0. The van der Waals surface area contributed by atoms with Gasteiger partial charge in [-0.25, -0.2) is 8.42 Å². The van der Waals surface area contributed by atoms with Crippen LogP contribution < -0.4 is 9.04 Å². The second-order valence-corrected chi connectivity index (χ2v) is 9.95. The molecule has 1 aliphatic rings. The Balaban J connectivity index is 1.53. The van der Waals surface area contributed by atoms with E-state index in [0.29, 0.717) is 37.7 Å². The third-order valence-electron chi connectivity index (χ3n) is 5.63. The Bertz CT molecular complexity index is 1190. The fourth-order valence-electron chi connectivity index (χ4n) is 3.66. The summed E-state index contributed by atoms with van der Waals surface area (Å²) in [4.78, 5) is 14.3. The molecule has 1 fully saturated rings. The number of ether oxygens (including phenoxy) is 2. The molecule has 178 valence electrons. The van der Waals surface area contributed by atoms with E-state index in [4.69, 9.17) is 9.47 Å². The maximum absolute atomic E-state index is 13.6. The van der Waals surface area contributed by atoms with Crippen molar-refractivity contribution in [3.63, 3.8) is 0 Å². The molecule has 4 rings (SSSR count). The molecule has 0 aromatic heterocycles. The Kier molecular flexibility index (Phi) is 7.49. The standard InChI is InChI=1S/C26H28N2O5S/c1-21-7-13-25(14-8-21)34(30,31)28(19-22-5-3-2-4-6-22)23-9-11-24(12-10-23)33-20-26(29)27-15-17-32-18-16-27/h2-14H,15-20H2,1H3. The molecule has 1 heterocycles. The molecule has 0 radical (unpaired) electrons. The van der Waals surface area contributed by atoms with E-state index in [2.05, 4.69) is 0 Å². The quantitative estimate of drug-likeness (QED) is 0.492. The summed E-state index contributed by atoms with van der Waals surface area (Å²) in [7, 11) is -3.80. The smallest absolute Gasteiger partial charge is 0.264 e. The Morgan fingerprint density at radius 3 is 2.24 bits per heavy atom. The third kappa shape index (κ3) is 5.76. The highest BCUT2D eigenvalue weighted by atomic mass is 32.2. The number of sulfonamides is 1. The summed E-state index contributed by atoms with van der Waals surface area (Å²) in [6.45, 7) is 4.22. The third-order valence-corrected chi connectivity index (χ3v) is 7.42. The lowest BCUT2D eigenvalue weighted by Gasteiger charge is -2.27. The summed E-state index contributed by atoms with van der Waals surface area (Å²) >= 11 is 0. The molecule has 34 heavy (non-hydrogen) atoms. The van der Waals surface area contributed by atoms with Gasteiger partial charge in [-0.05, 0) is 48.9 Å². The first-order chi connectivity index (χ1) is 16.4. The summed E-state index contributed by atoms with van der Waals surface area (Å²) in [6.07, 6.45) is 0. The van der Waals surface area contributed by atoms with Crippen LogP contribution in [0.15, 0.2) is 83.8 Å². The maximum Gasteiger partial charge on any atom is 0.264 e. The minimum absolute atomic E-state index is 0.0747. The second kappa shape index (κ2) is 10.7. The topological polar surface area (TPSA) is 76.2 Å². The van der Waals surface area contributed by atoms with Crippen LogP contribution in [0.25, 0.3) is 0 Å². The van der Waals surface area contributed by atoms with E-state index >= 15 is 0 Å². The van der Waals surface area contributed by atoms with Crippen molar-refractivity contribution in [1.82, 2.24) is 4.90 Å². The lowest BCUT2D eigenvalue weighted by atomic mass is 10.2. The van der Waals surface area contributed by atoms with E-state index in [-0.39, 0.29) is 24.0 Å². The zero-order valence-electron chi connectivity index (χ0n) is 19.1. The highest BCUT2D eigenvalue weighted by Crippen LogP contribution is 2.28. The average molecular weight is 481 g/mol. The normalized spacial score (nSPS) is 14.0. The fraction of sp³-hybridized carbons (Fsp3) is 0.269. The molecule has 0 aliphatic carbocycles. The number of carbonyl (C=O) groups excluding carboxylic acids is 1. The molecule has 0 bridgehead atoms. The number of morpholine rings is 1. The summed E-state index contributed by atoms with van der Waals surface area (Å²) in [5, 5.41) is 0. The number of anilines is 1. The minimum Gasteiger partial charge on any atom is -0.484 e. The van der Waals surface area contributed by atoms with Crippen LogP contribution >= 0.6 is 0 Å². The van der Waals surface area contributed by atoms with Crippen molar-refractivity contribution in [1.29, 1.82) is 0 Å². The monoisotopic (exact) mass is 480 g/mol. The van der Waals surface area contributed by atoms with Crippen molar-refractivity contribution >= 4 is 21.6 Å². The summed E-state index contributed by atoms with van der Waals surface area (Å²) in [6, 6.07) is 23.0. The van der Waals surface area contributed by atoms with Gasteiger partial charge in [0.25, 0.3) is 15.9 Å². The number of amides is 1. The SMILES string of the molecule is Cc1ccc(S(=O)(=O)N(Cc2ccccc2)c2ccc(OCC(=O)N3CCOCC3)cc2)cc1. The number of aryl methyl sites for hydroxylation is 1. The highest BCUT2D eigenvalue weighted by molar-refractivity contribution is 7.92. The Hall–Kier alpha value is -3.36. The molecule has 3 aromatic rings. The van der Waals surface area contributed by atoms with E-state index in [0.717, 1.165) is 11.1 Å². The molecule has 0 spiro atoms. The van der Waals surface area contributed by atoms with Gasteiger partial charge in [0.1, 0.15) is 5.75 Å². The van der Waals surface area contributed by atoms with Crippen molar-refractivity contribution in [2.75, 3.05) is 37.2 Å². The first kappa shape index (κ1) is 23.8. The molecule has 3 aromatic carbocycles. The second-order valence-electron chi connectivity index (χ2n) is 8.09. The maximum atomic E-state index is 13.6. The van der Waals surface area contributed by atoms with Gasteiger partial charge < -0.3 is 14.4 Å². The molecule has 1 amide bonds. The molecule has 1 saturated heterocycles. The predicted octanol–water partition coefficient (Wildman–Crippen LogP) is 3.63. The molecule has 0 atom stereocenters. The van der Waals surface area contributed by atoms with Crippen LogP contribution in [0.1, 0.15) is 11.1 Å². The zero-order valence-corrected chi connectivity index (χ0v) is 19.9. The highest BCUT2D eigenvalue weighted by Gasteiger charge is 2.25. The van der Waals surface area contributed by atoms with Gasteiger partial charge in [-0.2, -0.15) is 0 Å². The van der Waals surface area contributed by atoms with Gasteiger partial charge in [-0.15, -0.1) is 0 Å². The molecule has 1 aliphatic heterocycles. The Morgan fingerprint density at radius 2 is 1.59 bits per heavy atom. The van der Waals surface area contributed by atoms with Crippen molar-refractivity contribution in [3.05, 3.63) is 90.0 Å². The van der Waals surface area contributed by atoms with E-state index in [1.165, 1.54) is 4.31 Å². The molecular formula is C26H28N2O5S. The van der Waals surface area contributed by atoms with Gasteiger partial charge >= 0.3 is 0 Å². The molecule has 0 unspecified atom stereocenters. The van der Waals surface area contributed by atoms with Crippen molar-refractivity contribution in [3.8, 4) is 5.75 Å². The summed E-state index contributed by atoms with van der Waals surface area (Å²) < 4.78 is 39.4. The number of carbonyl (C=O) groups is 1. The Morgan fingerprint density at radius 1 is 0.941 bits per heavy atom. The summed E-state index contributed by atoms with van der Waals surface area (Å²) in [5.74, 6) is 0.401. The predicted molar refractivity (Wildman–Crippen MR) is 130 cm³/mol. The van der Waals surface area contributed by atoms with Crippen LogP contribution in [0.3, 0.4) is 0 Å². The van der Waals surface area contributed by atoms with Crippen LogP contribution in [-0.4, -0.2) is 52.1 Å². The van der Waals surface area contributed by atoms with Crippen molar-refractivity contribution in [2.24, 2.45) is 0 Å². The molecule has 0 N–H and O–H groups in total. The van der Waals surface area contributed by atoms with Gasteiger partial charge in [0.15, 0.2) is 6.61 Å². The molecule has 0 saturated carbocycles. The van der Waals surface area contributed by atoms with E-state index in [9.17, 15) is 13.2 Å². The van der Waals surface area contributed by atoms with Crippen molar-refractivity contribution < 1.29 is 22.7 Å². The van der Waals surface area contributed by atoms with Gasteiger partial charge in [-0.3, -0.25) is 9.10 Å². The van der Waals surface area contributed by atoms with Crippen LogP contribution in [0.2, 0.25) is 0 Å². The van der Waals surface area contributed by atoms with Gasteiger partial charge in [-0.1, -0.05) is 48.0 Å². The zero-order chi connectivity index (χ0) is 24.0. The number of benzene rings is 3. The first-order valence-corrected chi connectivity index (χ1v) is 12.6. The first-order valence-electron chi connectivity index (χ1n) is 11.2. The van der Waals surface area contributed by atoms with Crippen molar-refractivity contribution in [2.45, 2.75) is 18.4 Å². The van der Waals surface area contributed by atoms with Crippen LogP contribution in [-0.2, 0) is 26.1 Å². The van der Waals surface area contributed by atoms with Gasteiger partial charge in [0.2, 0.25) is 0 Å². The van der Waals surface area contributed by atoms with E-state index in [1.807, 2.05) is 37.3 Å². The number of rotatable bonds is 8. The number of hydrogen-bond acceptors (Lipinski definition) is 5. The van der Waals surface area contributed by atoms with Crippen LogP contribution in [0.5, 0.6) is 5.75 Å². The Labute approximate surface area is 200 Å². The largest absolute Gasteiger partial charge is 0.484 e. The lowest BCUT2D eigenvalue weighted by Crippen LogP contribution is -2.42. The fourth-order valence-corrected chi connectivity index (χ4v) is 5.11. The van der Waals surface area contributed by atoms with Crippen LogP contribution in [0, 0.1) is 6.92 Å². The van der Waals surface area contributed by atoms with Gasteiger partial charge in [0.05, 0.1) is 30.3 Å². The number of nitrogens with zero attached hydrogens (tertiary/aromatic N) is 2. The lowest BCUT2D eigenvalue weighted by molar-refractivity contribution is -0.137. The van der Waals surface area contributed by atoms with Gasteiger partial charge in [0, 0.05) is 13.1 Å². The molecular weight excluding hydrogens is 452 g/mol.